The lowest BCUT2D eigenvalue weighted by atomic mass is 10.1. The van der Waals surface area contributed by atoms with Gasteiger partial charge in [-0.1, -0.05) is 60.2 Å². The highest BCUT2D eigenvalue weighted by molar-refractivity contribution is 7.13. The molecule has 0 unspecified atom stereocenters. The normalized spacial score (nSPS) is 10.8. The molecule has 0 atom stereocenters. The Balaban J connectivity index is 1.41. The summed E-state index contributed by atoms with van der Waals surface area (Å²) in [6, 6.07) is 22.4. The molecule has 3 nitrogen and oxygen atoms in total. The Bertz CT molecular complexity index is 1170. The van der Waals surface area contributed by atoms with Gasteiger partial charge in [-0.15, -0.1) is 11.3 Å². The second-order valence-electron chi connectivity index (χ2n) is 7.58. The molecule has 0 aliphatic rings. The van der Waals surface area contributed by atoms with Gasteiger partial charge in [0, 0.05) is 28.6 Å². The van der Waals surface area contributed by atoms with Gasteiger partial charge in [-0.05, 0) is 49.6 Å². The van der Waals surface area contributed by atoms with Crippen LogP contribution in [0, 0.1) is 20.8 Å². The van der Waals surface area contributed by atoms with Gasteiger partial charge >= 0.3 is 0 Å². The molecule has 0 saturated heterocycles. The van der Waals surface area contributed by atoms with Crippen molar-refractivity contribution in [2.45, 2.75) is 27.3 Å². The number of nitrogens with zero attached hydrogens (tertiary/aromatic N) is 1. The minimum atomic E-state index is -0.0511. The van der Waals surface area contributed by atoms with Gasteiger partial charge in [0.1, 0.15) is 5.01 Å². The Morgan fingerprint density at radius 3 is 2.27 bits per heavy atom. The highest BCUT2D eigenvalue weighted by atomic mass is 32.1. The molecular formula is C26H24N2OS. The smallest absolute Gasteiger partial charge is 0.251 e. The molecule has 1 aromatic heterocycles. The molecule has 0 radical (unpaired) electrons. The highest BCUT2D eigenvalue weighted by Crippen LogP contribution is 2.29. The average molecular weight is 413 g/mol. The van der Waals surface area contributed by atoms with Gasteiger partial charge < -0.3 is 5.32 Å². The molecule has 4 rings (SSSR count). The SMILES string of the molecule is Cc1ccc(-c2csc(-c3ccc(CNC(=O)c4ccc(C)c(C)c4)cc3)n2)cc1. The summed E-state index contributed by atoms with van der Waals surface area (Å²) in [7, 11) is 0. The summed E-state index contributed by atoms with van der Waals surface area (Å²) in [5, 5.41) is 6.09. The minimum absolute atomic E-state index is 0.0511. The number of amides is 1. The van der Waals surface area contributed by atoms with E-state index in [2.05, 4.69) is 54.0 Å². The van der Waals surface area contributed by atoms with Crippen molar-refractivity contribution in [2.75, 3.05) is 0 Å². The molecule has 150 valence electrons. The van der Waals surface area contributed by atoms with Crippen molar-refractivity contribution in [2.24, 2.45) is 0 Å². The molecule has 0 saturated carbocycles. The molecule has 1 N–H and O–H groups in total. The predicted molar refractivity (Wildman–Crippen MR) is 125 cm³/mol. The number of rotatable bonds is 5. The summed E-state index contributed by atoms with van der Waals surface area (Å²) in [5.41, 5.74) is 8.54. The minimum Gasteiger partial charge on any atom is -0.348 e. The van der Waals surface area contributed by atoms with Crippen molar-refractivity contribution < 1.29 is 4.79 Å². The van der Waals surface area contributed by atoms with Crippen LogP contribution in [-0.2, 0) is 6.54 Å². The molecule has 1 heterocycles. The van der Waals surface area contributed by atoms with Crippen LogP contribution < -0.4 is 5.32 Å². The van der Waals surface area contributed by atoms with E-state index in [-0.39, 0.29) is 5.91 Å². The summed E-state index contributed by atoms with van der Waals surface area (Å²) in [4.78, 5) is 17.2. The number of carbonyl (C=O) groups excluding carboxylic acids is 1. The first-order valence-corrected chi connectivity index (χ1v) is 10.8. The molecule has 0 spiro atoms. The molecule has 3 aromatic carbocycles. The third kappa shape index (κ3) is 4.50. The number of carbonyl (C=O) groups is 1. The van der Waals surface area contributed by atoms with E-state index in [1.165, 1.54) is 11.1 Å². The standard InChI is InChI=1S/C26H24N2OS/c1-17-4-9-21(10-5-17)24-16-30-26(28-24)22-12-7-20(8-13-22)15-27-25(29)23-11-6-18(2)19(3)14-23/h4-14,16H,15H2,1-3H3,(H,27,29). The van der Waals surface area contributed by atoms with Gasteiger partial charge in [0.2, 0.25) is 0 Å². The van der Waals surface area contributed by atoms with Gasteiger partial charge in [0.15, 0.2) is 0 Å². The third-order valence-electron chi connectivity index (χ3n) is 5.27. The van der Waals surface area contributed by atoms with Crippen LogP contribution >= 0.6 is 11.3 Å². The molecule has 0 bridgehead atoms. The van der Waals surface area contributed by atoms with Crippen LogP contribution in [-0.4, -0.2) is 10.9 Å². The van der Waals surface area contributed by atoms with Crippen LogP contribution in [0.15, 0.2) is 72.1 Å². The second-order valence-corrected chi connectivity index (χ2v) is 8.44. The zero-order chi connectivity index (χ0) is 21.1. The number of hydrogen-bond donors (Lipinski definition) is 1. The second kappa shape index (κ2) is 8.64. The molecule has 1 amide bonds. The topological polar surface area (TPSA) is 42.0 Å². The maximum absolute atomic E-state index is 12.4. The first-order valence-electron chi connectivity index (χ1n) is 9.97. The Kier molecular flexibility index (Phi) is 5.77. The van der Waals surface area contributed by atoms with E-state index in [1.807, 2.05) is 44.2 Å². The lowest BCUT2D eigenvalue weighted by Gasteiger charge is -2.08. The number of benzene rings is 3. The number of thiazole rings is 1. The fourth-order valence-electron chi connectivity index (χ4n) is 3.20. The van der Waals surface area contributed by atoms with Gasteiger partial charge in [0.25, 0.3) is 5.91 Å². The molecule has 0 aliphatic carbocycles. The van der Waals surface area contributed by atoms with Crippen molar-refractivity contribution in [3.8, 4) is 21.8 Å². The molecule has 0 fully saturated rings. The lowest BCUT2D eigenvalue weighted by molar-refractivity contribution is 0.0951. The lowest BCUT2D eigenvalue weighted by Crippen LogP contribution is -2.22. The van der Waals surface area contributed by atoms with Gasteiger partial charge in [-0.2, -0.15) is 0 Å². The van der Waals surface area contributed by atoms with Crippen LogP contribution in [0.3, 0.4) is 0 Å². The fraction of sp³-hybridized carbons (Fsp3) is 0.154. The largest absolute Gasteiger partial charge is 0.348 e. The Morgan fingerprint density at radius 2 is 1.57 bits per heavy atom. The van der Waals surface area contributed by atoms with E-state index in [0.717, 1.165) is 33.0 Å². The zero-order valence-corrected chi connectivity index (χ0v) is 18.2. The van der Waals surface area contributed by atoms with E-state index < -0.39 is 0 Å². The maximum Gasteiger partial charge on any atom is 0.251 e. The van der Waals surface area contributed by atoms with Crippen molar-refractivity contribution in [3.05, 3.63) is 99.9 Å². The van der Waals surface area contributed by atoms with Crippen molar-refractivity contribution in [1.29, 1.82) is 0 Å². The summed E-state index contributed by atoms with van der Waals surface area (Å²) in [6.07, 6.45) is 0. The predicted octanol–water partition coefficient (Wildman–Crippen LogP) is 6.33. The highest BCUT2D eigenvalue weighted by Gasteiger charge is 2.09. The molecule has 30 heavy (non-hydrogen) atoms. The van der Waals surface area contributed by atoms with Gasteiger partial charge in [-0.3, -0.25) is 4.79 Å². The maximum atomic E-state index is 12.4. The van der Waals surface area contributed by atoms with Gasteiger partial charge in [0.05, 0.1) is 5.69 Å². The Labute approximate surface area is 181 Å². The number of aromatic nitrogens is 1. The van der Waals surface area contributed by atoms with Crippen molar-refractivity contribution in [1.82, 2.24) is 10.3 Å². The van der Waals surface area contributed by atoms with E-state index in [0.29, 0.717) is 12.1 Å². The number of aryl methyl sites for hydroxylation is 3. The molecular weight excluding hydrogens is 388 g/mol. The Morgan fingerprint density at radius 1 is 0.867 bits per heavy atom. The van der Waals surface area contributed by atoms with Crippen LogP contribution in [0.5, 0.6) is 0 Å². The number of nitrogens with one attached hydrogen (secondary N) is 1. The van der Waals surface area contributed by atoms with E-state index in [9.17, 15) is 4.79 Å². The van der Waals surface area contributed by atoms with Gasteiger partial charge in [-0.25, -0.2) is 4.98 Å². The summed E-state index contributed by atoms with van der Waals surface area (Å²) in [6.45, 7) is 6.65. The van der Waals surface area contributed by atoms with Crippen LogP contribution in [0.2, 0.25) is 0 Å². The molecule has 0 aliphatic heterocycles. The molecule has 4 aromatic rings. The zero-order valence-electron chi connectivity index (χ0n) is 17.4. The van der Waals surface area contributed by atoms with Crippen LogP contribution in [0.4, 0.5) is 0 Å². The Hall–Kier alpha value is -3.24. The van der Waals surface area contributed by atoms with E-state index in [1.54, 1.807) is 11.3 Å². The average Bonchev–Trinajstić information content (AvgIpc) is 3.25. The molecule has 4 heteroatoms. The quantitative estimate of drug-likeness (QED) is 0.416. The van der Waals surface area contributed by atoms with E-state index >= 15 is 0 Å². The summed E-state index contributed by atoms with van der Waals surface area (Å²) < 4.78 is 0. The van der Waals surface area contributed by atoms with Crippen LogP contribution in [0.1, 0.15) is 32.6 Å². The fourth-order valence-corrected chi connectivity index (χ4v) is 4.03. The summed E-state index contributed by atoms with van der Waals surface area (Å²) >= 11 is 1.64. The van der Waals surface area contributed by atoms with E-state index in [4.69, 9.17) is 4.98 Å². The monoisotopic (exact) mass is 412 g/mol. The third-order valence-corrected chi connectivity index (χ3v) is 6.17. The van der Waals surface area contributed by atoms with Crippen molar-refractivity contribution >= 4 is 17.2 Å². The van der Waals surface area contributed by atoms with Crippen molar-refractivity contribution in [3.63, 3.8) is 0 Å². The summed E-state index contributed by atoms with van der Waals surface area (Å²) in [5.74, 6) is -0.0511. The first-order chi connectivity index (χ1) is 14.5. The van der Waals surface area contributed by atoms with Crippen LogP contribution in [0.25, 0.3) is 21.8 Å². The first kappa shape index (κ1) is 20.0. The number of hydrogen-bond acceptors (Lipinski definition) is 3.